The Labute approximate surface area is 112 Å². The lowest BCUT2D eigenvalue weighted by Gasteiger charge is -2.16. The molecule has 1 fully saturated rings. The zero-order valence-electron chi connectivity index (χ0n) is 10.5. The van der Waals surface area contributed by atoms with Crippen molar-refractivity contribution in [3.63, 3.8) is 0 Å². The Bertz CT molecular complexity index is 585. The number of benzene rings is 1. The molecule has 1 aromatic carbocycles. The summed E-state index contributed by atoms with van der Waals surface area (Å²) in [6.45, 7) is 2.50. The molecule has 2 rings (SSSR count). The van der Waals surface area contributed by atoms with Crippen molar-refractivity contribution in [2.24, 2.45) is 5.14 Å². The predicted molar refractivity (Wildman–Crippen MR) is 69.1 cm³/mol. The van der Waals surface area contributed by atoms with Crippen molar-refractivity contribution in [1.82, 2.24) is 5.32 Å². The molecule has 0 saturated carbocycles. The summed E-state index contributed by atoms with van der Waals surface area (Å²) in [5.41, 5.74) is 0.269. The van der Waals surface area contributed by atoms with Crippen LogP contribution < -0.4 is 10.5 Å². The minimum absolute atomic E-state index is 0.0367. The molecule has 0 radical (unpaired) electrons. The van der Waals surface area contributed by atoms with Crippen molar-refractivity contribution in [3.8, 4) is 0 Å². The first-order valence-electron chi connectivity index (χ1n) is 5.93. The zero-order valence-corrected chi connectivity index (χ0v) is 11.3. The summed E-state index contributed by atoms with van der Waals surface area (Å²) < 4.78 is 27.8. The summed E-state index contributed by atoms with van der Waals surface area (Å²) in [5, 5.41) is 7.86. The van der Waals surface area contributed by atoms with E-state index < -0.39 is 10.0 Å². The van der Waals surface area contributed by atoms with Crippen LogP contribution in [0.4, 0.5) is 0 Å². The molecule has 1 saturated heterocycles. The van der Waals surface area contributed by atoms with Gasteiger partial charge in [0.25, 0.3) is 5.91 Å². The van der Waals surface area contributed by atoms with Gasteiger partial charge in [0, 0.05) is 12.2 Å². The first-order chi connectivity index (χ1) is 8.88. The molecule has 1 aromatic rings. The molecule has 2 unspecified atom stereocenters. The normalized spacial score (nSPS) is 23.3. The van der Waals surface area contributed by atoms with Crippen molar-refractivity contribution in [1.29, 1.82) is 0 Å². The van der Waals surface area contributed by atoms with Crippen molar-refractivity contribution in [2.75, 3.05) is 6.61 Å². The fraction of sp³-hybridized carbons (Fsp3) is 0.417. The first-order valence-corrected chi connectivity index (χ1v) is 7.48. The summed E-state index contributed by atoms with van der Waals surface area (Å²) in [7, 11) is -3.80. The molecule has 1 aliphatic rings. The molecule has 1 heterocycles. The van der Waals surface area contributed by atoms with Gasteiger partial charge in [-0.05, 0) is 31.5 Å². The fourth-order valence-electron chi connectivity index (χ4n) is 1.99. The number of carbonyl (C=O) groups is 1. The maximum absolute atomic E-state index is 12.0. The SMILES string of the molecule is CC1OCCC1NC(=O)c1cccc(S(N)(=O)=O)c1. The van der Waals surface area contributed by atoms with E-state index in [9.17, 15) is 13.2 Å². The third kappa shape index (κ3) is 3.31. The second-order valence-corrected chi connectivity index (χ2v) is 6.08. The van der Waals surface area contributed by atoms with E-state index in [1.165, 1.54) is 18.2 Å². The van der Waals surface area contributed by atoms with Crippen LogP contribution >= 0.6 is 0 Å². The lowest BCUT2D eigenvalue weighted by Crippen LogP contribution is -2.39. The number of nitrogens with one attached hydrogen (secondary N) is 1. The molecule has 0 spiro atoms. The van der Waals surface area contributed by atoms with Gasteiger partial charge >= 0.3 is 0 Å². The Morgan fingerprint density at radius 2 is 2.21 bits per heavy atom. The Morgan fingerprint density at radius 3 is 2.79 bits per heavy atom. The zero-order chi connectivity index (χ0) is 14.0. The Kier molecular flexibility index (Phi) is 3.88. The molecule has 19 heavy (non-hydrogen) atoms. The van der Waals surface area contributed by atoms with Gasteiger partial charge in [-0.1, -0.05) is 6.07 Å². The summed E-state index contributed by atoms with van der Waals surface area (Å²) in [5.74, 6) is -0.326. The smallest absolute Gasteiger partial charge is 0.251 e. The van der Waals surface area contributed by atoms with Crippen LogP contribution in [0.1, 0.15) is 23.7 Å². The van der Waals surface area contributed by atoms with Gasteiger partial charge in [-0.25, -0.2) is 13.6 Å². The first kappa shape index (κ1) is 14.0. The summed E-state index contributed by atoms with van der Waals surface area (Å²) in [6.07, 6.45) is 0.715. The highest BCUT2D eigenvalue weighted by Crippen LogP contribution is 2.14. The molecule has 0 aromatic heterocycles. The quantitative estimate of drug-likeness (QED) is 0.830. The molecule has 3 N–H and O–H groups in total. The third-order valence-electron chi connectivity index (χ3n) is 3.12. The summed E-state index contributed by atoms with van der Waals surface area (Å²) in [4.78, 5) is 11.9. The largest absolute Gasteiger partial charge is 0.376 e. The van der Waals surface area contributed by atoms with Gasteiger partial charge < -0.3 is 10.1 Å². The molecular formula is C12H16N2O4S. The van der Waals surface area contributed by atoms with Gasteiger partial charge in [0.1, 0.15) is 0 Å². The van der Waals surface area contributed by atoms with E-state index in [1.54, 1.807) is 6.07 Å². The maximum atomic E-state index is 12.0. The molecule has 7 heteroatoms. The van der Waals surface area contributed by atoms with Gasteiger partial charge in [-0.2, -0.15) is 0 Å². The number of carbonyl (C=O) groups excluding carboxylic acids is 1. The van der Waals surface area contributed by atoms with E-state index in [-0.39, 0.29) is 28.5 Å². The number of nitrogens with two attached hydrogens (primary N) is 1. The van der Waals surface area contributed by atoms with E-state index in [2.05, 4.69) is 5.32 Å². The number of primary sulfonamides is 1. The van der Waals surface area contributed by atoms with Crippen LogP contribution in [0.3, 0.4) is 0 Å². The standard InChI is InChI=1S/C12H16N2O4S/c1-8-11(5-6-18-8)14-12(15)9-3-2-4-10(7-9)19(13,16)17/h2-4,7-8,11H,5-6H2,1H3,(H,14,15)(H2,13,16,17). The summed E-state index contributed by atoms with van der Waals surface area (Å²) in [6, 6.07) is 5.61. The van der Waals surface area contributed by atoms with Crippen LogP contribution in [0.2, 0.25) is 0 Å². The number of amides is 1. The third-order valence-corrected chi connectivity index (χ3v) is 4.03. The second kappa shape index (κ2) is 5.28. The number of hydrogen-bond donors (Lipinski definition) is 2. The monoisotopic (exact) mass is 284 g/mol. The van der Waals surface area contributed by atoms with E-state index in [0.717, 1.165) is 6.42 Å². The van der Waals surface area contributed by atoms with Gasteiger partial charge in [-0.15, -0.1) is 0 Å². The fourth-order valence-corrected chi connectivity index (χ4v) is 2.55. The molecular weight excluding hydrogens is 268 g/mol. The molecule has 6 nitrogen and oxygen atoms in total. The average Bonchev–Trinajstić information content (AvgIpc) is 2.74. The lowest BCUT2D eigenvalue weighted by molar-refractivity contribution is 0.0866. The van der Waals surface area contributed by atoms with Crippen molar-refractivity contribution in [3.05, 3.63) is 29.8 Å². The average molecular weight is 284 g/mol. The molecule has 0 aliphatic carbocycles. The highest BCUT2D eigenvalue weighted by molar-refractivity contribution is 7.89. The maximum Gasteiger partial charge on any atom is 0.251 e. The molecule has 2 atom stereocenters. The predicted octanol–water partition coefficient (Wildman–Crippen LogP) is 0.241. The van der Waals surface area contributed by atoms with Crippen LogP contribution in [-0.4, -0.2) is 33.1 Å². The Balaban J connectivity index is 2.15. The second-order valence-electron chi connectivity index (χ2n) is 4.52. The van der Waals surface area contributed by atoms with Crippen LogP contribution in [0.15, 0.2) is 29.2 Å². The minimum atomic E-state index is -3.80. The summed E-state index contributed by atoms with van der Waals surface area (Å²) >= 11 is 0. The van der Waals surface area contributed by atoms with Crippen LogP contribution in [0, 0.1) is 0 Å². The van der Waals surface area contributed by atoms with E-state index >= 15 is 0 Å². The topological polar surface area (TPSA) is 98.5 Å². The van der Waals surface area contributed by atoms with Crippen molar-refractivity contribution < 1.29 is 17.9 Å². The molecule has 0 bridgehead atoms. The van der Waals surface area contributed by atoms with E-state index in [4.69, 9.17) is 9.88 Å². The Hall–Kier alpha value is -1.44. The van der Waals surface area contributed by atoms with E-state index in [0.29, 0.717) is 6.61 Å². The minimum Gasteiger partial charge on any atom is -0.376 e. The lowest BCUT2D eigenvalue weighted by atomic mass is 10.1. The molecule has 104 valence electrons. The molecule has 1 amide bonds. The van der Waals surface area contributed by atoms with Crippen molar-refractivity contribution >= 4 is 15.9 Å². The Morgan fingerprint density at radius 1 is 1.47 bits per heavy atom. The highest BCUT2D eigenvalue weighted by Gasteiger charge is 2.26. The number of sulfonamides is 1. The van der Waals surface area contributed by atoms with Crippen molar-refractivity contribution in [2.45, 2.75) is 30.4 Å². The van der Waals surface area contributed by atoms with Crippen LogP contribution in [0.5, 0.6) is 0 Å². The van der Waals surface area contributed by atoms with Gasteiger partial charge in [-0.3, -0.25) is 4.79 Å². The highest BCUT2D eigenvalue weighted by atomic mass is 32.2. The van der Waals surface area contributed by atoms with E-state index in [1.807, 2.05) is 6.92 Å². The van der Waals surface area contributed by atoms with Gasteiger partial charge in [0.15, 0.2) is 0 Å². The number of rotatable bonds is 3. The number of ether oxygens (including phenoxy) is 1. The molecule has 1 aliphatic heterocycles. The number of hydrogen-bond acceptors (Lipinski definition) is 4. The van der Waals surface area contributed by atoms with Crippen LogP contribution in [-0.2, 0) is 14.8 Å². The van der Waals surface area contributed by atoms with Gasteiger partial charge in [0.2, 0.25) is 10.0 Å². The van der Waals surface area contributed by atoms with Gasteiger partial charge in [0.05, 0.1) is 17.0 Å². The van der Waals surface area contributed by atoms with Crippen LogP contribution in [0.25, 0.3) is 0 Å².